The van der Waals surface area contributed by atoms with Gasteiger partial charge in [-0.3, -0.25) is 10.4 Å². The molecule has 0 rings (SSSR count). The van der Waals surface area contributed by atoms with Gasteiger partial charge in [-0.05, 0) is 19.8 Å². The number of aliphatic imine (C=N–C) groups is 1. The van der Waals surface area contributed by atoms with E-state index in [0.717, 1.165) is 13.0 Å². The summed E-state index contributed by atoms with van der Waals surface area (Å²) in [7, 11) is 0. The summed E-state index contributed by atoms with van der Waals surface area (Å²) in [4.78, 5) is 4.30. The minimum Gasteiger partial charge on any atom is -0.353 e. The Balaban J connectivity index is 3.74. The number of nitrogens with zero attached hydrogens (tertiary/aromatic N) is 1. The highest BCUT2D eigenvalue weighted by Gasteiger charge is 2.03. The fraction of sp³-hybridized carbons (Fsp3) is 0.909. The number of unbranched alkanes of at least 4 members (excludes halogenated alkanes) is 2. The van der Waals surface area contributed by atoms with Gasteiger partial charge in [0, 0.05) is 12.6 Å². The molecule has 0 aliphatic rings. The second-order valence-corrected chi connectivity index (χ2v) is 3.92. The lowest BCUT2D eigenvalue weighted by Crippen LogP contribution is -2.45. The van der Waals surface area contributed by atoms with E-state index in [0.29, 0.717) is 12.0 Å². The molecular formula is C11H26N4. The van der Waals surface area contributed by atoms with Crippen LogP contribution in [0.25, 0.3) is 0 Å². The Bertz CT molecular complexity index is 168. The SMILES string of the molecule is CCCCCC(C)NC(=NCCC)NN. The molecule has 0 aromatic heterocycles. The maximum atomic E-state index is 5.37. The molecule has 0 aliphatic carbocycles. The molecular weight excluding hydrogens is 188 g/mol. The smallest absolute Gasteiger partial charge is 0.205 e. The van der Waals surface area contributed by atoms with E-state index in [1.807, 2.05) is 0 Å². The van der Waals surface area contributed by atoms with Gasteiger partial charge in [0.05, 0.1) is 0 Å². The van der Waals surface area contributed by atoms with Gasteiger partial charge in [0.25, 0.3) is 0 Å². The lowest BCUT2D eigenvalue weighted by Gasteiger charge is -2.16. The zero-order valence-corrected chi connectivity index (χ0v) is 10.3. The predicted octanol–water partition coefficient (Wildman–Crippen LogP) is 1.77. The average molecular weight is 214 g/mol. The van der Waals surface area contributed by atoms with Gasteiger partial charge in [0.15, 0.2) is 0 Å². The normalized spacial score (nSPS) is 13.7. The van der Waals surface area contributed by atoms with Gasteiger partial charge in [-0.25, -0.2) is 5.84 Å². The van der Waals surface area contributed by atoms with Crippen molar-refractivity contribution in [3.05, 3.63) is 0 Å². The standard InChI is InChI=1S/C11H26N4/c1-4-6-7-8-10(3)14-11(15-12)13-9-5-2/h10H,4-9,12H2,1-3H3,(H2,13,14,15). The van der Waals surface area contributed by atoms with Crippen molar-refractivity contribution in [1.29, 1.82) is 0 Å². The van der Waals surface area contributed by atoms with Crippen LogP contribution in [0.2, 0.25) is 0 Å². The van der Waals surface area contributed by atoms with Crippen LogP contribution in [-0.4, -0.2) is 18.5 Å². The Morgan fingerprint density at radius 2 is 2.00 bits per heavy atom. The number of hydrogen-bond donors (Lipinski definition) is 3. The molecule has 0 spiro atoms. The number of nitrogens with two attached hydrogens (primary N) is 1. The summed E-state index contributed by atoms with van der Waals surface area (Å²) in [6, 6.07) is 0.434. The number of guanidine groups is 1. The summed E-state index contributed by atoms with van der Waals surface area (Å²) in [6.45, 7) is 7.29. The van der Waals surface area contributed by atoms with E-state index in [4.69, 9.17) is 5.84 Å². The molecule has 4 N–H and O–H groups in total. The molecule has 0 heterocycles. The number of hydrazine groups is 1. The summed E-state index contributed by atoms with van der Waals surface area (Å²) in [5.41, 5.74) is 2.60. The summed E-state index contributed by atoms with van der Waals surface area (Å²) < 4.78 is 0. The first-order chi connectivity index (χ1) is 7.24. The molecule has 90 valence electrons. The molecule has 0 bridgehead atoms. The minimum absolute atomic E-state index is 0.434. The third-order valence-electron chi connectivity index (χ3n) is 2.25. The highest BCUT2D eigenvalue weighted by molar-refractivity contribution is 5.79. The van der Waals surface area contributed by atoms with Crippen LogP contribution in [-0.2, 0) is 0 Å². The zero-order chi connectivity index (χ0) is 11.5. The van der Waals surface area contributed by atoms with Crippen LogP contribution in [0, 0.1) is 0 Å². The van der Waals surface area contributed by atoms with Crippen molar-refractivity contribution in [3.63, 3.8) is 0 Å². The van der Waals surface area contributed by atoms with Gasteiger partial charge in [0.1, 0.15) is 0 Å². The lowest BCUT2D eigenvalue weighted by atomic mass is 10.1. The maximum Gasteiger partial charge on any atom is 0.205 e. The van der Waals surface area contributed by atoms with E-state index in [9.17, 15) is 0 Å². The van der Waals surface area contributed by atoms with E-state index in [-0.39, 0.29) is 0 Å². The molecule has 0 radical (unpaired) electrons. The van der Waals surface area contributed by atoms with Gasteiger partial charge in [0.2, 0.25) is 5.96 Å². The van der Waals surface area contributed by atoms with Crippen LogP contribution in [0.5, 0.6) is 0 Å². The molecule has 4 nitrogen and oxygen atoms in total. The first kappa shape index (κ1) is 14.2. The molecule has 1 unspecified atom stereocenters. The Labute approximate surface area is 93.7 Å². The molecule has 0 saturated heterocycles. The third kappa shape index (κ3) is 8.24. The van der Waals surface area contributed by atoms with Gasteiger partial charge < -0.3 is 5.32 Å². The largest absolute Gasteiger partial charge is 0.353 e. The topological polar surface area (TPSA) is 62.4 Å². The highest BCUT2D eigenvalue weighted by atomic mass is 15.3. The van der Waals surface area contributed by atoms with Crippen LogP contribution >= 0.6 is 0 Å². The fourth-order valence-electron chi connectivity index (χ4n) is 1.36. The molecule has 0 aliphatic heterocycles. The van der Waals surface area contributed by atoms with Crippen molar-refractivity contribution in [2.75, 3.05) is 6.54 Å². The van der Waals surface area contributed by atoms with Crippen molar-refractivity contribution < 1.29 is 0 Å². The Morgan fingerprint density at radius 3 is 2.53 bits per heavy atom. The maximum absolute atomic E-state index is 5.37. The number of rotatable bonds is 7. The van der Waals surface area contributed by atoms with E-state index < -0.39 is 0 Å². The van der Waals surface area contributed by atoms with Crippen molar-refractivity contribution in [2.24, 2.45) is 10.8 Å². The summed E-state index contributed by atoms with van der Waals surface area (Å²) in [5, 5.41) is 3.27. The van der Waals surface area contributed by atoms with E-state index in [2.05, 4.69) is 36.5 Å². The van der Waals surface area contributed by atoms with Gasteiger partial charge >= 0.3 is 0 Å². The van der Waals surface area contributed by atoms with Crippen molar-refractivity contribution >= 4 is 5.96 Å². The van der Waals surface area contributed by atoms with E-state index in [1.165, 1.54) is 25.7 Å². The van der Waals surface area contributed by atoms with Crippen molar-refractivity contribution in [2.45, 2.75) is 58.9 Å². The van der Waals surface area contributed by atoms with E-state index in [1.54, 1.807) is 0 Å². The van der Waals surface area contributed by atoms with Crippen LogP contribution in [0.4, 0.5) is 0 Å². The molecule has 4 heteroatoms. The molecule has 15 heavy (non-hydrogen) atoms. The fourth-order valence-corrected chi connectivity index (χ4v) is 1.36. The summed E-state index contributed by atoms with van der Waals surface area (Å²) in [5.74, 6) is 6.08. The van der Waals surface area contributed by atoms with E-state index >= 15 is 0 Å². The molecule has 0 aromatic carbocycles. The third-order valence-corrected chi connectivity index (χ3v) is 2.25. The van der Waals surface area contributed by atoms with Crippen molar-refractivity contribution in [3.8, 4) is 0 Å². The zero-order valence-electron chi connectivity index (χ0n) is 10.3. The van der Waals surface area contributed by atoms with Gasteiger partial charge in [-0.2, -0.15) is 0 Å². The summed E-state index contributed by atoms with van der Waals surface area (Å²) in [6.07, 6.45) is 6.02. The Morgan fingerprint density at radius 1 is 1.27 bits per heavy atom. The van der Waals surface area contributed by atoms with Crippen molar-refractivity contribution in [1.82, 2.24) is 10.7 Å². The second-order valence-electron chi connectivity index (χ2n) is 3.92. The number of nitrogens with one attached hydrogen (secondary N) is 2. The Hall–Kier alpha value is -0.770. The predicted molar refractivity (Wildman–Crippen MR) is 66.7 cm³/mol. The second kappa shape index (κ2) is 9.77. The van der Waals surface area contributed by atoms with Gasteiger partial charge in [-0.1, -0.05) is 33.1 Å². The van der Waals surface area contributed by atoms with Crippen LogP contribution in [0.15, 0.2) is 4.99 Å². The van der Waals surface area contributed by atoms with Crippen LogP contribution in [0.3, 0.4) is 0 Å². The first-order valence-electron chi connectivity index (χ1n) is 6.02. The van der Waals surface area contributed by atoms with Gasteiger partial charge in [-0.15, -0.1) is 0 Å². The lowest BCUT2D eigenvalue weighted by molar-refractivity contribution is 0.547. The summed E-state index contributed by atoms with van der Waals surface area (Å²) >= 11 is 0. The first-order valence-corrected chi connectivity index (χ1v) is 6.02. The molecule has 0 fully saturated rings. The molecule has 0 saturated carbocycles. The monoisotopic (exact) mass is 214 g/mol. The average Bonchev–Trinajstić information content (AvgIpc) is 2.24. The molecule has 1 atom stereocenters. The quantitative estimate of drug-likeness (QED) is 0.199. The number of hydrogen-bond acceptors (Lipinski definition) is 2. The Kier molecular flexibility index (Phi) is 9.27. The van der Waals surface area contributed by atoms with Crippen LogP contribution in [0.1, 0.15) is 52.9 Å². The molecule has 0 amide bonds. The molecule has 0 aromatic rings. The van der Waals surface area contributed by atoms with Crippen LogP contribution < -0.4 is 16.6 Å². The highest BCUT2D eigenvalue weighted by Crippen LogP contribution is 2.02. The minimum atomic E-state index is 0.434.